The number of carbonyl (C=O) groups excluding carboxylic acids is 3. The Bertz CT molecular complexity index is 1060. The lowest BCUT2D eigenvalue weighted by Gasteiger charge is -2.19. The molecule has 1 saturated heterocycles. The fourth-order valence-corrected chi connectivity index (χ4v) is 3.29. The van der Waals surface area contributed by atoms with Gasteiger partial charge in [-0.25, -0.2) is 9.18 Å². The van der Waals surface area contributed by atoms with Crippen molar-refractivity contribution in [2.24, 2.45) is 0 Å². The Balaban J connectivity index is 1.49. The number of hydrogen-bond donors (Lipinski definition) is 2. The molecule has 1 fully saturated rings. The van der Waals surface area contributed by atoms with Gasteiger partial charge in [0.25, 0.3) is 11.8 Å². The largest absolute Gasteiger partial charge is 0.482 e. The molecule has 31 heavy (non-hydrogen) atoms. The number of fused-ring (bicyclic) bond motifs is 1. The maximum absolute atomic E-state index is 14.8. The van der Waals surface area contributed by atoms with Crippen LogP contribution in [0, 0.1) is 5.82 Å². The van der Waals surface area contributed by atoms with Crippen LogP contribution < -0.4 is 20.3 Å². The summed E-state index contributed by atoms with van der Waals surface area (Å²) in [6.07, 6.45) is -4.79. The van der Waals surface area contributed by atoms with Crippen LogP contribution in [0.15, 0.2) is 36.4 Å². The number of cyclic esters (lactones) is 1. The van der Waals surface area contributed by atoms with Gasteiger partial charge in [0.1, 0.15) is 17.7 Å². The molecule has 1 atom stereocenters. The van der Waals surface area contributed by atoms with Crippen LogP contribution in [0.25, 0.3) is 11.1 Å². The Morgan fingerprint density at radius 2 is 2.03 bits per heavy atom. The van der Waals surface area contributed by atoms with Crippen LogP contribution in [0.2, 0.25) is 0 Å². The van der Waals surface area contributed by atoms with Crippen molar-refractivity contribution >= 4 is 29.3 Å². The van der Waals surface area contributed by atoms with E-state index in [4.69, 9.17) is 9.47 Å². The molecule has 0 aromatic heterocycles. The summed E-state index contributed by atoms with van der Waals surface area (Å²) in [6.45, 7) is -0.410. The maximum Gasteiger partial charge on any atom is 0.414 e. The summed E-state index contributed by atoms with van der Waals surface area (Å²) >= 11 is 0. The first-order valence-electron chi connectivity index (χ1n) is 9.22. The van der Waals surface area contributed by atoms with E-state index in [1.54, 1.807) is 18.2 Å². The lowest BCUT2D eigenvalue weighted by atomic mass is 10.0. The Morgan fingerprint density at radius 3 is 2.77 bits per heavy atom. The number of hydrogen-bond acceptors (Lipinski definition) is 5. The van der Waals surface area contributed by atoms with Crippen LogP contribution in [-0.2, 0) is 14.3 Å². The van der Waals surface area contributed by atoms with Crippen LogP contribution in [0.1, 0.15) is 0 Å². The minimum atomic E-state index is -3.17. The summed E-state index contributed by atoms with van der Waals surface area (Å²) < 4.78 is 49.7. The Hall–Kier alpha value is -3.76. The third kappa shape index (κ3) is 4.25. The van der Waals surface area contributed by atoms with E-state index in [1.165, 1.54) is 12.1 Å². The number of ether oxygens (including phenoxy) is 2. The number of nitrogens with one attached hydrogen (secondary N) is 2. The van der Waals surface area contributed by atoms with E-state index in [9.17, 15) is 27.6 Å². The molecule has 3 amide bonds. The van der Waals surface area contributed by atoms with Crippen molar-refractivity contribution in [1.29, 1.82) is 0 Å². The molecule has 0 bridgehead atoms. The SMILES string of the molecule is O=C1COc2ccc(-c3ccc(N4C[C@H](CNC(=O)C(F)F)OC4=O)cc3F)cc2N1. The third-order valence-corrected chi connectivity index (χ3v) is 4.76. The van der Waals surface area contributed by atoms with Crippen molar-refractivity contribution in [3.05, 3.63) is 42.2 Å². The van der Waals surface area contributed by atoms with Crippen LogP contribution in [-0.4, -0.2) is 50.1 Å². The molecular formula is C20H16F3N3O5. The minimum Gasteiger partial charge on any atom is -0.482 e. The molecule has 8 nitrogen and oxygen atoms in total. The molecule has 2 aliphatic rings. The highest BCUT2D eigenvalue weighted by atomic mass is 19.3. The number of halogens is 3. The number of anilines is 2. The zero-order valence-corrected chi connectivity index (χ0v) is 15.9. The molecule has 0 saturated carbocycles. The second-order valence-corrected chi connectivity index (χ2v) is 6.87. The van der Waals surface area contributed by atoms with Crippen molar-refractivity contribution in [3.63, 3.8) is 0 Å². The van der Waals surface area contributed by atoms with Crippen molar-refractivity contribution in [2.75, 3.05) is 29.9 Å². The first kappa shape index (κ1) is 20.5. The standard InChI is InChI=1S/C20H16F3N3O5/c21-14-6-11(26-8-12(31-20(26)29)7-24-19(28)18(22)23)2-3-13(14)10-1-4-16-15(5-10)25-17(27)9-30-16/h1-6,12,18H,7-9H2,(H,24,28)(H,25,27)/t12-/m0/s1. The van der Waals surface area contributed by atoms with Gasteiger partial charge >= 0.3 is 12.5 Å². The van der Waals surface area contributed by atoms with Crippen molar-refractivity contribution in [2.45, 2.75) is 12.5 Å². The average molecular weight is 435 g/mol. The number of nitrogens with zero attached hydrogens (tertiary/aromatic N) is 1. The predicted octanol–water partition coefficient (Wildman–Crippen LogP) is 2.53. The van der Waals surface area contributed by atoms with Crippen LogP contribution >= 0.6 is 0 Å². The van der Waals surface area contributed by atoms with Crippen LogP contribution in [0.3, 0.4) is 0 Å². The smallest absolute Gasteiger partial charge is 0.414 e. The highest BCUT2D eigenvalue weighted by Gasteiger charge is 2.33. The van der Waals surface area contributed by atoms with E-state index in [0.717, 1.165) is 11.0 Å². The van der Waals surface area contributed by atoms with Gasteiger partial charge in [0, 0.05) is 5.56 Å². The number of carbonyl (C=O) groups is 3. The molecule has 4 rings (SSSR count). The third-order valence-electron chi connectivity index (χ3n) is 4.76. The topological polar surface area (TPSA) is 97.0 Å². The lowest BCUT2D eigenvalue weighted by molar-refractivity contribution is -0.132. The van der Waals surface area contributed by atoms with Crippen LogP contribution in [0.5, 0.6) is 5.75 Å². The fourth-order valence-electron chi connectivity index (χ4n) is 3.29. The molecule has 11 heteroatoms. The molecular weight excluding hydrogens is 419 g/mol. The van der Waals surface area contributed by atoms with Gasteiger partial charge in [-0.15, -0.1) is 0 Å². The van der Waals surface area contributed by atoms with E-state index >= 15 is 0 Å². The molecule has 0 aliphatic carbocycles. The van der Waals surface area contributed by atoms with E-state index in [-0.39, 0.29) is 36.9 Å². The van der Waals surface area contributed by atoms with Gasteiger partial charge in [-0.3, -0.25) is 14.5 Å². The monoisotopic (exact) mass is 435 g/mol. The Kier molecular flexibility index (Phi) is 5.40. The molecule has 0 unspecified atom stereocenters. The minimum absolute atomic E-state index is 0.0383. The summed E-state index contributed by atoms with van der Waals surface area (Å²) in [5.74, 6) is -1.92. The molecule has 2 N–H and O–H groups in total. The second-order valence-electron chi connectivity index (χ2n) is 6.87. The first-order valence-corrected chi connectivity index (χ1v) is 9.22. The van der Waals surface area contributed by atoms with Gasteiger partial charge in [-0.2, -0.15) is 8.78 Å². The number of amides is 3. The average Bonchev–Trinajstić information content (AvgIpc) is 3.11. The van der Waals surface area contributed by atoms with Crippen LogP contribution in [0.4, 0.5) is 29.3 Å². The number of benzene rings is 2. The quantitative estimate of drug-likeness (QED) is 0.753. The van der Waals surface area contributed by atoms with Crippen molar-refractivity contribution in [3.8, 4) is 16.9 Å². The van der Waals surface area contributed by atoms with Crippen molar-refractivity contribution < 1.29 is 37.0 Å². The van der Waals surface area contributed by atoms with Gasteiger partial charge in [0.15, 0.2) is 6.61 Å². The summed E-state index contributed by atoms with van der Waals surface area (Å²) in [7, 11) is 0. The fraction of sp³-hybridized carbons (Fsp3) is 0.250. The van der Waals surface area contributed by atoms with E-state index in [1.807, 2.05) is 5.32 Å². The molecule has 2 aliphatic heterocycles. The zero-order chi connectivity index (χ0) is 22.1. The summed E-state index contributed by atoms with van der Waals surface area (Å²) in [6, 6.07) is 8.96. The molecule has 2 heterocycles. The zero-order valence-electron chi connectivity index (χ0n) is 15.9. The molecule has 2 aromatic rings. The molecule has 0 radical (unpaired) electrons. The van der Waals surface area contributed by atoms with Gasteiger partial charge < -0.3 is 20.1 Å². The highest BCUT2D eigenvalue weighted by Crippen LogP contribution is 2.35. The Labute approximate surface area is 173 Å². The van der Waals surface area contributed by atoms with Gasteiger partial charge in [0.2, 0.25) is 0 Å². The molecule has 2 aromatic carbocycles. The van der Waals surface area contributed by atoms with E-state index in [0.29, 0.717) is 17.0 Å². The highest BCUT2D eigenvalue weighted by molar-refractivity contribution is 5.96. The molecule has 0 spiro atoms. The lowest BCUT2D eigenvalue weighted by Crippen LogP contribution is -2.37. The first-order chi connectivity index (χ1) is 14.8. The van der Waals surface area contributed by atoms with Gasteiger partial charge in [0.05, 0.1) is 24.5 Å². The van der Waals surface area contributed by atoms with Gasteiger partial charge in [-0.05, 0) is 35.9 Å². The second kappa shape index (κ2) is 8.17. The summed E-state index contributed by atoms with van der Waals surface area (Å²) in [5, 5.41) is 4.63. The summed E-state index contributed by atoms with van der Waals surface area (Å²) in [5.41, 5.74) is 1.36. The maximum atomic E-state index is 14.8. The number of alkyl halides is 2. The van der Waals surface area contributed by atoms with E-state index < -0.39 is 30.3 Å². The Morgan fingerprint density at radius 1 is 1.23 bits per heavy atom. The van der Waals surface area contributed by atoms with Crippen molar-refractivity contribution in [1.82, 2.24) is 5.32 Å². The summed E-state index contributed by atoms with van der Waals surface area (Å²) in [4.78, 5) is 35.7. The predicted molar refractivity (Wildman–Crippen MR) is 103 cm³/mol. The van der Waals surface area contributed by atoms with Gasteiger partial charge in [-0.1, -0.05) is 6.07 Å². The molecule has 162 valence electrons. The normalized spacial score (nSPS) is 17.7. The number of rotatable bonds is 5. The van der Waals surface area contributed by atoms with E-state index in [2.05, 4.69) is 5.32 Å².